The molecule has 0 amide bonds. The van der Waals surface area contributed by atoms with Gasteiger partial charge in [0.2, 0.25) is 0 Å². The van der Waals surface area contributed by atoms with Crippen molar-refractivity contribution in [2.75, 3.05) is 0 Å². The highest BCUT2D eigenvalue weighted by molar-refractivity contribution is 4.86. The first-order chi connectivity index (χ1) is 12.7. The zero-order chi connectivity index (χ0) is 19.0. The lowest BCUT2D eigenvalue weighted by molar-refractivity contribution is -0.700. The normalized spacial score (nSPS) is 11.6. The Morgan fingerprint density at radius 2 is 1.19 bits per heavy atom. The molecule has 0 bridgehead atoms. The maximum absolute atomic E-state index is 2.45. The Labute approximate surface area is 164 Å². The van der Waals surface area contributed by atoms with E-state index in [1.807, 2.05) is 0 Å². The van der Waals surface area contributed by atoms with E-state index in [9.17, 15) is 0 Å². The van der Waals surface area contributed by atoms with E-state index in [4.69, 9.17) is 0 Å². The molecule has 0 aliphatic carbocycles. The number of aromatic nitrogens is 2. The number of hydrogen-bond donors (Lipinski definition) is 0. The van der Waals surface area contributed by atoms with E-state index in [0.717, 1.165) is 6.54 Å². The minimum absolute atomic E-state index is 0.574. The Morgan fingerprint density at radius 3 is 1.62 bits per heavy atom. The molecule has 0 saturated carbocycles. The van der Waals surface area contributed by atoms with E-state index in [-0.39, 0.29) is 0 Å². The Hall–Kier alpha value is -0.790. The number of unbranched alkanes of at least 4 members (excludes halogenated alkanes) is 13. The molecule has 2 nitrogen and oxygen atoms in total. The lowest BCUT2D eigenvalue weighted by atomic mass is 10.0. The molecule has 0 spiro atoms. The van der Waals surface area contributed by atoms with E-state index in [0.29, 0.717) is 6.04 Å². The van der Waals surface area contributed by atoms with Crippen molar-refractivity contribution < 1.29 is 4.57 Å². The largest absolute Gasteiger partial charge is 0.256 e. The second-order valence-electron chi connectivity index (χ2n) is 8.35. The van der Waals surface area contributed by atoms with Crippen LogP contribution >= 0.6 is 0 Å². The Kier molecular flexibility index (Phi) is 13.7. The summed E-state index contributed by atoms with van der Waals surface area (Å²) in [6.45, 7) is 10.2. The second kappa shape index (κ2) is 15.3. The zero-order valence-corrected chi connectivity index (χ0v) is 18.4. The molecule has 0 aliphatic rings. The maximum Gasteiger partial charge on any atom is 0.256 e. The number of aryl methyl sites for hydroxylation is 1. The lowest BCUT2D eigenvalue weighted by Crippen LogP contribution is -2.36. The molecule has 0 aromatic carbocycles. The van der Waals surface area contributed by atoms with Gasteiger partial charge in [0.05, 0.1) is 12.6 Å². The molecule has 0 fully saturated rings. The molecule has 0 radical (unpaired) electrons. The number of rotatable bonds is 17. The summed E-state index contributed by atoms with van der Waals surface area (Å²) >= 11 is 0. The lowest BCUT2D eigenvalue weighted by Gasteiger charge is -2.07. The van der Waals surface area contributed by atoms with Crippen LogP contribution in [0.25, 0.3) is 0 Å². The van der Waals surface area contributed by atoms with Crippen LogP contribution in [0.2, 0.25) is 0 Å². The molecular weight excluding hydrogens is 316 g/mol. The summed E-state index contributed by atoms with van der Waals surface area (Å²) in [7, 11) is 0. The third-order valence-corrected chi connectivity index (χ3v) is 5.69. The van der Waals surface area contributed by atoms with Crippen LogP contribution in [-0.2, 0) is 13.0 Å². The topological polar surface area (TPSA) is 8.81 Å². The predicted octanol–water partition coefficient (Wildman–Crippen LogP) is 7.40. The van der Waals surface area contributed by atoms with Gasteiger partial charge in [-0.2, -0.15) is 0 Å². The highest BCUT2D eigenvalue weighted by Gasteiger charge is 2.17. The van der Waals surface area contributed by atoms with Crippen molar-refractivity contribution in [2.45, 2.75) is 137 Å². The zero-order valence-electron chi connectivity index (χ0n) is 18.4. The van der Waals surface area contributed by atoms with E-state index in [1.165, 1.54) is 102 Å². The summed E-state index contributed by atoms with van der Waals surface area (Å²) in [6, 6.07) is 0.574. The highest BCUT2D eigenvalue weighted by atomic mass is 15.2. The average molecular weight is 364 g/mol. The van der Waals surface area contributed by atoms with Gasteiger partial charge in [0.1, 0.15) is 12.4 Å². The van der Waals surface area contributed by atoms with E-state index in [2.05, 4.69) is 49.2 Å². The second-order valence-corrected chi connectivity index (χ2v) is 8.35. The van der Waals surface area contributed by atoms with Gasteiger partial charge in [-0.15, -0.1) is 0 Å². The van der Waals surface area contributed by atoms with Crippen LogP contribution in [0.15, 0.2) is 12.4 Å². The molecule has 152 valence electrons. The molecule has 0 saturated heterocycles. The molecule has 0 unspecified atom stereocenters. The number of hydrogen-bond acceptors (Lipinski definition) is 0. The Balaban J connectivity index is 1.96. The van der Waals surface area contributed by atoms with E-state index < -0.39 is 0 Å². The van der Waals surface area contributed by atoms with Crippen LogP contribution in [0.5, 0.6) is 0 Å². The fourth-order valence-corrected chi connectivity index (χ4v) is 3.98. The summed E-state index contributed by atoms with van der Waals surface area (Å²) in [5.74, 6) is 1.52. The molecule has 1 heterocycles. The molecule has 1 aromatic heterocycles. The Morgan fingerprint density at radius 1 is 0.731 bits per heavy atom. The number of imidazole rings is 1. The van der Waals surface area contributed by atoms with Crippen LogP contribution in [0, 0.1) is 0 Å². The van der Waals surface area contributed by atoms with Crippen molar-refractivity contribution in [1.29, 1.82) is 0 Å². The van der Waals surface area contributed by atoms with Gasteiger partial charge in [0.15, 0.2) is 0 Å². The third kappa shape index (κ3) is 9.78. The van der Waals surface area contributed by atoms with Crippen LogP contribution in [0.3, 0.4) is 0 Å². The van der Waals surface area contributed by atoms with Crippen molar-refractivity contribution in [1.82, 2.24) is 4.57 Å². The molecule has 0 aliphatic heterocycles. The van der Waals surface area contributed by atoms with Crippen molar-refractivity contribution in [2.24, 2.45) is 0 Å². The minimum Gasteiger partial charge on any atom is -0.235 e. The quantitative estimate of drug-likeness (QED) is 0.201. The molecule has 1 aromatic rings. The first-order valence-corrected chi connectivity index (χ1v) is 11.8. The van der Waals surface area contributed by atoms with Gasteiger partial charge in [-0.05, 0) is 27.2 Å². The third-order valence-electron chi connectivity index (χ3n) is 5.69. The summed E-state index contributed by atoms with van der Waals surface area (Å²) in [6.07, 6.45) is 25.8. The van der Waals surface area contributed by atoms with Crippen molar-refractivity contribution in [3.8, 4) is 0 Å². The fraction of sp³-hybridized carbons (Fsp3) is 0.875. The van der Waals surface area contributed by atoms with Gasteiger partial charge >= 0.3 is 0 Å². The van der Waals surface area contributed by atoms with Gasteiger partial charge in [-0.3, -0.25) is 0 Å². The predicted molar refractivity (Wildman–Crippen MR) is 115 cm³/mol. The van der Waals surface area contributed by atoms with Crippen molar-refractivity contribution in [3.63, 3.8) is 0 Å². The summed E-state index contributed by atoms with van der Waals surface area (Å²) in [5.41, 5.74) is 0. The molecular formula is C24H47N2+. The highest BCUT2D eigenvalue weighted by Crippen LogP contribution is 2.14. The molecule has 26 heavy (non-hydrogen) atoms. The summed E-state index contributed by atoms with van der Waals surface area (Å²) < 4.78 is 4.87. The van der Waals surface area contributed by atoms with Gasteiger partial charge in [0, 0.05) is 6.42 Å². The molecule has 1 rings (SSSR count). The SMILES string of the molecule is CCCCCCCCCCCCCCCCc1n(C(C)C)cc[n+]1CC. The van der Waals surface area contributed by atoms with E-state index >= 15 is 0 Å². The fourth-order valence-electron chi connectivity index (χ4n) is 3.98. The smallest absolute Gasteiger partial charge is 0.235 e. The maximum atomic E-state index is 2.45. The minimum atomic E-state index is 0.574. The average Bonchev–Trinajstić information content (AvgIpc) is 3.05. The van der Waals surface area contributed by atoms with Gasteiger partial charge in [-0.1, -0.05) is 90.4 Å². The first-order valence-electron chi connectivity index (χ1n) is 11.8. The van der Waals surface area contributed by atoms with E-state index in [1.54, 1.807) is 0 Å². The van der Waals surface area contributed by atoms with Crippen LogP contribution in [0.1, 0.15) is 129 Å². The van der Waals surface area contributed by atoms with Crippen molar-refractivity contribution in [3.05, 3.63) is 18.2 Å². The summed E-state index contributed by atoms with van der Waals surface area (Å²) in [4.78, 5) is 0. The molecule has 2 heteroatoms. The monoisotopic (exact) mass is 363 g/mol. The van der Waals surface area contributed by atoms with Crippen LogP contribution < -0.4 is 4.57 Å². The molecule has 0 atom stereocenters. The molecule has 0 N–H and O–H groups in total. The first kappa shape index (κ1) is 23.2. The summed E-state index contributed by atoms with van der Waals surface area (Å²) in [5, 5.41) is 0. The van der Waals surface area contributed by atoms with Crippen LogP contribution in [0.4, 0.5) is 0 Å². The number of nitrogens with zero attached hydrogens (tertiary/aromatic N) is 2. The standard InChI is InChI=1S/C24H47N2/c1-5-7-8-9-10-11-12-13-14-15-16-17-18-19-20-24-25(6-2)21-22-26(24)23(3)4/h21-23H,5-20H2,1-4H3/q+1. The van der Waals surface area contributed by atoms with Crippen molar-refractivity contribution >= 4 is 0 Å². The van der Waals surface area contributed by atoms with Gasteiger partial charge < -0.3 is 0 Å². The van der Waals surface area contributed by atoms with Gasteiger partial charge in [-0.25, -0.2) is 9.13 Å². The van der Waals surface area contributed by atoms with Gasteiger partial charge in [0.25, 0.3) is 5.82 Å². The Bertz CT molecular complexity index is 433. The van der Waals surface area contributed by atoms with Crippen LogP contribution in [-0.4, -0.2) is 4.57 Å².